The smallest absolute Gasteiger partial charge is 0.550 e. The molecule has 2 atom stereocenters. The molecule has 6 nitrogen and oxygen atoms in total. The first-order valence-corrected chi connectivity index (χ1v) is 21.8. The van der Waals surface area contributed by atoms with Gasteiger partial charge in [-0.15, -0.1) is 0 Å². The van der Waals surface area contributed by atoms with Gasteiger partial charge in [0.15, 0.2) is 0 Å². The first-order chi connectivity index (χ1) is 26.4. The Bertz CT molecular complexity index is 1230. The summed E-state index contributed by atoms with van der Waals surface area (Å²) in [7, 11) is 0. The maximum atomic E-state index is 10.7. The Hall–Kier alpha value is -1.54. The summed E-state index contributed by atoms with van der Waals surface area (Å²) in [5, 5.41) is 30.5. The van der Waals surface area contributed by atoms with Crippen LogP contribution in [0.2, 0.25) is 0 Å². The zero-order valence-electron chi connectivity index (χ0n) is 36.0. The average molecular weight is 787 g/mol. The summed E-state index contributed by atoms with van der Waals surface area (Å²) in [6.45, 7) is 4.51. The summed E-state index contributed by atoms with van der Waals surface area (Å²) < 4.78 is 0. The molecule has 0 aliphatic carbocycles. The van der Waals surface area contributed by atoms with E-state index in [1.54, 1.807) is 0 Å². The number of azo groups is 1. The van der Waals surface area contributed by atoms with Gasteiger partial charge >= 0.3 is 59.1 Å². The number of hydrogen-bond donors (Lipinski definition) is 0. The SMILES string of the molecule is CCCCCCC/C=C/C(CCCCCCCC(=O)[O-])c1ccc(N=Nc2ccc(C(/C=C/CCCCCCC)CCCCCCCC(=O)[O-])cc2)cc1.[Na+].[Na+]. The predicted octanol–water partition coefficient (Wildman–Crippen LogP) is 7.07. The molecule has 2 aromatic rings. The van der Waals surface area contributed by atoms with Crippen LogP contribution in [0.15, 0.2) is 83.1 Å². The molecule has 0 amide bonds. The summed E-state index contributed by atoms with van der Waals surface area (Å²) in [6.07, 6.45) is 37.1. The molecule has 2 aromatic carbocycles. The second-order valence-electron chi connectivity index (χ2n) is 15.2. The van der Waals surface area contributed by atoms with Crippen molar-refractivity contribution < 1.29 is 78.9 Å². The predicted molar refractivity (Wildman–Crippen MR) is 222 cm³/mol. The number of aliphatic carboxylic acids is 2. The van der Waals surface area contributed by atoms with Crippen LogP contribution in [-0.4, -0.2) is 11.9 Å². The van der Waals surface area contributed by atoms with E-state index in [0.29, 0.717) is 24.7 Å². The number of nitrogens with zero attached hydrogens (tertiary/aromatic N) is 2. The minimum absolute atomic E-state index is 0. The molecule has 0 aliphatic heterocycles. The molecule has 0 spiro atoms. The summed E-state index contributed by atoms with van der Waals surface area (Å²) >= 11 is 0. The Kier molecular flexibility index (Phi) is 36.7. The number of allylic oxidation sites excluding steroid dienone is 4. The molecule has 0 saturated heterocycles. The normalized spacial score (nSPS) is 12.5. The van der Waals surface area contributed by atoms with E-state index in [4.69, 9.17) is 0 Å². The van der Waals surface area contributed by atoms with Gasteiger partial charge in [0.05, 0.1) is 11.4 Å². The van der Waals surface area contributed by atoms with Crippen molar-refractivity contribution in [1.82, 2.24) is 0 Å². The van der Waals surface area contributed by atoms with Crippen LogP contribution in [0.25, 0.3) is 0 Å². The maximum Gasteiger partial charge on any atom is 1.00 e. The third-order valence-corrected chi connectivity index (χ3v) is 10.4. The summed E-state index contributed by atoms with van der Waals surface area (Å²) in [5.41, 5.74) is 4.28. The Balaban J connectivity index is 0.0000151. The van der Waals surface area contributed by atoms with E-state index >= 15 is 0 Å². The molecule has 2 unspecified atom stereocenters. The third-order valence-electron chi connectivity index (χ3n) is 10.4. The monoisotopic (exact) mass is 787 g/mol. The number of carbonyl (C=O) groups excluding carboxylic acids is 2. The Morgan fingerprint density at radius 1 is 0.482 bits per heavy atom. The van der Waals surface area contributed by atoms with E-state index < -0.39 is 11.9 Å². The number of rotatable bonds is 34. The van der Waals surface area contributed by atoms with Gasteiger partial charge in [0.2, 0.25) is 0 Å². The van der Waals surface area contributed by atoms with Crippen LogP contribution in [0.5, 0.6) is 0 Å². The minimum Gasteiger partial charge on any atom is -0.550 e. The van der Waals surface area contributed by atoms with Crippen molar-refractivity contribution >= 4 is 23.3 Å². The second-order valence-corrected chi connectivity index (χ2v) is 15.2. The molecule has 0 radical (unpaired) electrons. The van der Waals surface area contributed by atoms with Gasteiger partial charge < -0.3 is 19.8 Å². The molecule has 0 aromatic heterocycles. The van der Waals surface area contributed by atoms with Gasteiger partial charge in [-0.05, 0) is 99.6 Å². The number of carboxylic acids is 2. The molecule has 0 N–H and O–H groups in total. The zero-order chi connectivity index (χ0) is 38.9. The van der Waals surface area contributed by atoms with E-state index in [2.05, 4.69) is 96.9 Å². The van der Waals surface area contributed by atoms with Crippen LogP contribution >= 0.6 is 0 Å². The maximum absolute atomic E-state index is 10.7. The molecule has 56 heavy (non-hydrogen) atoms. The van der Waals surface area contributed by atoms with Crippen LogP contribution in [0.4, 0.5) is 11.4 Å². The number of hydrogen-bond acceptors (Lipinski definition) is 6. The van der Waals surface area contributed by atoms with Gasteiger partial charge in [0, 0.05) is 23.8 Å². The Morgan fingerprint density at radius 3 is 1.16 bits per heavy atom. The molecule has 0 aliphatic rings. The van der Waals surface area contributed by atoms with Gasteiger partial charge in [0.25, 0.3) is 0 Å². The molecule has 2 rings (SSSR count). The first-order valence-electron chi connectivity index (χ1n) is 21.8. The van der Waals surface area contributed by atoms with Crippen molar-refractivity contribution in [3.8, 4) is 0 Å². The van der Waals surface area contributed by atoms with E-state index in [1.807, 2.05) is 0 Å². The number of benzene rings is 2. The zero-order valence-corrected chi connectivity index (χ0v) is 40.0. The number of unbranched alkanes of at least 4 members (excludes halogenated alkanes) is 18. The van der Waals surface area contributed by atoms with Crippen LogP contribution in [0.1, 0.15) is 204 Å². The van der Waals surface area contributed by atoms with Gasteiger partial charge in [-0.1, -0.05) is 165 Å². The second kappa shape index (κ2) is 37.7. The summed E-state index contributed by atoms with van der Waals surface area (Å²) in [6, 6.07) is 17.0. The molecule has 0 bridgehead atoms. The largest absolute Gasteiger partial charge is 1.00 e. The minimum atomic E-state index is -0.947. The van der Waals surface area contributed by atoms with E-state index in [0.717, 1.165) is 88.4 Å². The Morgan fingerprint density at radius 2 is 0.804 bits per heavy atom. The number of carboxylic acid groups (broad SMARTS) is 2. The molecule has 300 valence electrons. The van der Waals surface area contributed by atoms with Gasteiger partial charge in [-0.3, -0.25) is 0 Å². The van der Waals surface area contributed by atoms with Crippen molar-refractivity contribution in [2.24, 2.45) is 10.2 Å². The fourth-order valence-electron chi connectivity index (χ4n) is 7.02. The fourth-order valence-corrected chi connectivity index (χ4v) is 7.02. The van der Waals surface area contributed by atoms with Crippen LogP contribution in [0, 0.1) is 0 Å². The van der Waals surface area contributed by atoms with Crippen molar-refractivity contribution in [2.75, 3.05) is 0 Å². The van der Waals surface area contributed by atoms with E-state index in [1.165, 1.54) is 75.3 Å². The first kappa shape index (κ1) is 54.5. The van der Waals surface area contributed by atoms with Crippen molar-refractivity contribution in [3.63, 3.8) is 0 Å². The standard InChI is InChI=1S/C48H74N2O4.2Na/c1-3-5-7-9-11-15-21-27-41(29-23-17-13-19-25-31-47(51)52)43-33-37-45(38-34-43)49-50-46-39-35-44(36-40-46)42(28-22-16-12-10-8-6-4-2)30-24-18-14-20-26-32-48(53)54;;/h21-22,27-28,33-42H,3-20,23-26,29-32H2,1-2H3,(H,51,52)(H,53,54);;/q;2*+1/p-2/b27-21+,28-22+,50-49?;;. The fraction of sp³-hybridized carbons (Fsp3) is 0.625. The van der Waals surface area contributed by atoms with Crippen LogP contribution in [-0.2, 0) is 9.59 Å². The quantitative estimate of drug-likeness (QED) is 0.0328. The van der Waals surface area contributed by atoms with Gasteiger partial charge in [0.1, 0.15) is 0 Å². The van der Waals surface area contributed by atoms with Crippen molar-refractivity contribution in [1.29, 1.82) is 0 Å². The van der Waals surface area contributed by atoms with Crippen LogP contribution in [0.3, 0.4) is 0 Å². The molecule has 0 fully saturated rings. The van der Waals surface area contributed by atoms with Gasteiger partial charge in [-0.25, -0.2) is 0 Å². The Labute approximate surface area is 385 Å². The molecular weight excluding hydrogens is 715 g/mol. The number of carbonyl (C=O) groups is 2. The van der Waals surface area contributed by atoms with Crippen LogP contribution < -0.4 is 69.3 Å². The molecule has 8 heteroatoms. The third kappa shape index (κ3) is 28.8. The molecular formula is C48H72N2Na2O4. The summed E-state index contributed by atoms with van der Waals surface area (Å²) in [5.74, 6) is -1.17. The van der Waals surface area contributed by atoms with E-state index in [-0.39, 0.29) is 72.0 Å². The van der Waals surface area contributed by atoms with Gasteiger partial charge in [-0.2, -0.15) is 10.2 Å². The average Bonchev–Trinajstić information content (AvgIpc) is 3.17. The molecule has 0 heterocycles. The van der Waals surface area contributed by atoms with E-state index in [9.17, 15) is 19.8 Å². The topological polar surface area (TPSA) is 105 Å². The van der Waals surface area contributed by atoms with Crippen molar-refractivity contribution in [2.45, 2.75) is 193 Å². The molecule has 0 saturated carbocycles. The van der Waals surface area contributed by atoms with Crippen molar-refractivity contribution in [3.05, 3.63) is 84.0 Å². The summed E-state index contributed by atoms with van der Waals surface area (Å²) in [4.78, 5) is 21.4.